The molecule has 1 aromatic carbocycles. The number of carbonyl (C=O) groups excluding carboxylic acids is 1. The van der Waals surface area contributed by atoms with Crippen molar-refractivity contribution in [2.45, 2.75) is 63.8 Å². The maximum atomic E-state index is 13.4. The Hall–Kier alpha value is -3.77. The molecule has 0 spiro atoms. The quantitative estimate of drug-likeness (QED) is 0.369. The summed E-state index contributed by atoms with van der Waals surface area (Å²) >= 11 is 0. The van der Waals surface area contributed by atoms with E-state index < -0.39 is 29.0 Å². The fourth-order valence-corrected chi connectivity index (χ4v) is 5.83. The number of aromatic nitrogens is 6. The summed E-state index contributed by atoms with van der Waals surface area (Å²) in [5.41, 5.74) is -0.145. The standard InChI is InChI=1S/C27H35N7O5/c1-5-33-19-10-7-6-9-18(19)29-21(33)11-8-12-22(36)32-14-17(35)13-27(2,39)20(15-32)34-16-28-24-23(34)25(37)31(4)26(38)30(24)3/h6-7,9-10,16-17,20,35,39H,5,8,11-15H2,1-4H3/t17-,20+,27+/m1/s1. The third kappa shape index (κ3) is 4.67. The molecule has 2 N–H and O–H groups in total. The molecule has 1 fully saturated rings. The molecular weight excluding hydrogens is 502 g/mol. The van der Waals surface area contributed by atoms with Crippen LogP contribution in [0.4, 0.5) is 0 Å². The fourth-order valence-electron chi connectivity index (χ4n) is 5.83. The Morgan fingerprint density at radius 1 is 1.15 bits per heavy atom. The molecule has 1 aliphatic rings. The number of β-amino-alcohol motifs (C(OH)–C–C–N with tert-alkyl or cyclic N) is 1. The molecule has 5 rings (SSSR count). The maximum absolute atomic E-state index is 13.4. The van der Waals surface area contributed by atoms with Gasteiger partial charge in [-0.05, 0) is 32.4 Å². The van der Waals surface area contributed by atoms with E-state index in [4.69, 9.17) is 4.98 Å². The van der Waals surface area contributed by atoms with Crippen LogP contribution in [0.5, 0.6) is 0 Å². The molecule has 1 saturated heterocycles. The zero-order chi connectivity index (χ0) is 28.1. The Morgan fingerprint density at radius 3 is 2.64 bits per heavy atom. The van der Waals surface area contributed by atoms with Gasteiger partial charge in [0.15, 0.2) is 11.2 Å². The predicted molar refractivity (Wildman–Crippen MR) is 145 cm³/mol. The molecule has 3 aromatic heterocycles. The summed E-state index contributed by atoms with van der Waals surface area (Å²) in [6, 6.07) is 7.19. The van der Waals surface area contributed by atoms with Crippen LogP contribution in [0.2, 0.25) is 0 Å². The zero-order valence-corrected chi connectivity index (χ0v) is 22.7. The van der Waals surface area contributed by atoms with E-state index in [1.165, 1.54) is 25.0 Å². The lowest BCUT2D eigenvalue weighted by molar-refractivity contribution is -0.132. The zero-order valence-electron chi connectivity index (χ0n) is 22.7. The van der Waals surface area contributed by atoms with Crippen molar-refractivity contribution in [2.75, 3.05) is 13.1 Å². The van der Waals surface area contributed by atoms with Crippen LogP contribution in [-0.4, -0.2) is 74.1 Å². The van der Waals surface area contributed by atoms with E-state index in [1.807, 2.05) is 24.3 Å². The minimum absolute atomic E-state index is 0.00766. The first-order chi connectivity index (χ1) is 18.5. The molecule has 12 heteroatoms. The summed E-state index contributed by atoms with van der Waals surface area (Å²) in [4.78, 5) is 49.4. The van der Waals surface area contributed by atoms with Gasteiger partial charge in [0.1, 0.15) is 5.82 Å². The molecule has 0 radical (unpaired) electrons. The average molecular weight is 538 g/mol. The summed E-state index contributed by atoms with van der Waals surface area (Å²) in [5.74, 6) is 0.773. The molecule has 12 nitrogen and oxygen atoms in total. The molecule has 1 amide bonds. The SMILES string of the molecule is CCn1c(CCCC(=O)N2C[C@H](O)C[C@](C)(O)[C@@H](n3cnc4c3c(=O)n(C)c(=O)n4C)C2)nc2ccccc21. The molecule has 208 valence electrons. The van der Waals surface area contributed by atoms with Crippen LogP contribution < -0.4 is 11.2 Å². The van der Waals surface area contributed by atoms with Crippen molar-refractivity contribution >= 4 is 28.1 Å². The Labute approximate surface area is 224 Å². The van der Waals surface area contributed by atoms with E-state index in [-0.39, 0.29) is 43.0 Å². The number of imidazole rings is 2. The van der Waals surface area contributed by atoms with Gasteiger partial charge in [0, 0.05) is 53.0 Å². The molecule has 39 heavy (non-hydrogen) atoms. The fraction of sp³-hybridized carbons (Fsp3) is 0.519. The van der Waals surface area contributed by atoms with Gasteiger partial charge in [-0.1, -0.05) is 12.1 Å². The number of hydrogen-bond donors (Lipinski definition) is 2. The van der Waals surface area contributed by atoms with Crippen molar-refractivity contribution in [3.8, 4) is 0 Å². The first-order valence-electron chi connectivity index (χ1n) is 13.3. The number of benzene rings is 1. The van der Waals surface area contributed by atoms with Crippen molar-refractivity contribution in [3.63, 3.8) is 0 Å². The lowest BCUT2D eigenvalue weighted by atomic mass is 9.91. The van der Waals surface area contributed by atoms with Crippen molar-refractivity contribution in [3.05, 3.63) is 57.3 Å². The van der Waals surface area contributed by atoms with Crippen LogP contribution in [0.15, 0.2) is 40.2 Å². The minimum Gasteiger partial charge on any atom is -0.391 e. The Bertz CT molecular complexity index is 1660. The van der Waals surface area contributed by atoms with Crippen molar-refractivity contribution in [2.24, 2.45) is 14.1 Å². The highest BCUT2D eigenvalue weighted by atomic mass is 16.3. The number of para-hydroxylation sites is 2. The number of aryl methyl sites for hydroxylation is 3. The van der Waals surface area contributed by atoms with Crippen LogP contribution in [0.25, 0.3) is 22.2 Å². The van der Waals surface area contributed by atoms with E-state index in [2.05, 4.69) is 16.5 Å². The van der Waals surface area contributed by atoms with Gasteiger partial charge in [-0.15, -0.1) is 0 Å². The number of carbonyl (C=O) groups is 1. The van der Waals surface area contributed by atoms with Gasteiger partial charge in [0.2, 0.25) is 5.91 Å². The Kier molecular flexibility index (Phi) is 6.93. The number of hydrogen-bond acceptors (Lipinski definition) is 7. The molecule has 4 aromatic rings. The molecule has 3 atom stereocenters. The van der Waals surface area contributed by atoms with Gasteiger partial charge in [-0.2, -0.15) is 0 Å². The van der Waals surface area contributed by atoms with Crippen LogP contribution >= 0.6 is 0 Å². The monoisotopic (exact) mass is 537 g/mol. The molecule has 4 heterocycles. The summed E-state index contributed by atoms with van der Waals surface area (Å²) in [7, 11) is 2.91. The van der Waals surface area contributed by atoms with E-state index >= 15 is 0 Å². The second-order valence-electron chi connectivity index (χ2n) is 10.7. The normalized spacial score (nSPS) is 22.1. The topological polar surface area (TPSA) is 140 Å². The van der Waals surface area contributed by atoms with Crippen molar-refractivity contribution < 1.29 is 15.0 Å². The number of aliphatic hydroxyl groups excluding tert-OH is 1. The first kappa shape index (κ1) is 26.8. The van der Waals surface area contributed by atoms with E-state index in [0.717, 1.165) is 28.0 Å². The highest BCUT2D eigenvalue weighted by Crippen LogP contribution is 2.33. The lowest BCUT2D eigenvalue weighted by Gasteiger charge is -2.34. The first-order valence-corrected chi connectivity index (χ1v) is 13.3. The lowest BCUT2D eigenvalue weighted by Crippen LogP contribution is -2.44. The van der Waals surface area contributed by atoms with E-state index in [9.17, 15) is 24.6 Å². The third-order valence-corrected chi connectivity index (χ3v) is 7.89. The van der Waals surface area contributed by atoms with Gasteiger partial charge in [0.25, 0.3) is 5.56 Å². The van der Waals surface area contributed by atoms with Gasteiger partial charge >= 0.3 is 5.69 Å². The number of nitrogens with zero attached hydrogens (tertiary/aromatic N) is 7. The Balaban J connectivity index is 1.39. The summed E-state index contributed by atoms with van der Waals surface area (Å²) in [5, 5.41) is 22.1. The van der Waals surface area contributed by atoms with Gasteiger partial charge in [0.05, 0.1) is 35.1 Å². The van der Waals surface area contributed by atoms with Crippen LogP contribution in [0.3, 0.4) is 0 Å². The number of aliphatic hydroxyl groups is 2. The Morgan fingerprint density at radius 2 is 1.90 bits per heavy atom. The highest BCUT2D eigenvalue weighted by molar-refractivity contribution is 5.77. The molecule has 1 aliphatic heterocycles. The molecular formula is C27H35N7O5. The molecule has 0 aliphatic carbocycles. The second-order valence-corrected chi connectivity index (χ2v) is 10.7. The van der Waals surface area contributed by atoms with Crippen LogP contribution in [-0.2, 0) is 31.9 Å². The predicted octanol–water partition coefficient (Wildman–Crippen LogP) is 0.712. The number of rotatable bonds is 6. The molecule has 0 saturated carbocycles. The summed E-state index contributed by atoms with van der Waals surface area (Å²) in [6.07, 6.45) is 1.93. The highest BCUT2D eigenvalue weighted by Gasteiger charge is 2.42. The molecule has 0 unspecified atom stereocenters. The van der Waals surface area contributed by atoms with Crippen LogP contribution in [0.1, 0.15) is 45.0 Å². The summed E-state index contributed by atoms with van der Waals surface area (Å²) < 4.78 is 5.97. The summed E-state index contributed by atoms with van der Waals surface area (Å²) in [6.45, 7) is 4.58. The maximum Gasteiger partial charge on any atom is 0.332 e. The molecule has 0 bridgehead atoms. The van der Waals surface area contributed by atoms with Gasteiger partial charge in [-0.25, -0.2) is 14.8 Å². The van der Waals surface area contributed by atoms with Crippen LogP contribution in [0, 0.1) is 0 Å². The smallest absolute Gasteiger partial charge is 0.332 e. The number of amides is 1. The number of likely N-dealkylation sites (tertiary alicyclic amines) is 1. The van der Waals surface area contributed by atoms with E-state index in [1.54, 1.807) is 16.4 Å². The third-order valence-electron chi connectivity index (χ3n) is 7.89. The van der Waals surface area contributed by atoms with Crippen molar-refractivity contribution in [1.82, 2.24) is 33.1 Å². The van der Waals surface area contributed by atoms with E-state index in [0.29, 0.717) is 12.8 Å². The van der Waals surface area contributed by atoms with Crippen molar-refractivity contribution in [1.29, 1.82) is 0 Å². The second kappa shape index (κ2) is 10.1. The average Bonchev–Trinajstić information content (AvgIpc) is 3.46. The largest absolute Gasteiger partial charge is 0.391 e. The van der Waals surface area contributed by atoms with Gasteiger partial charge in [-0.3, -0.25) is 18.7 Å². The number of fused-ring (bicyclic) bond motifs is 2. The minimum atomic E-state index is -1.45. The van der Waals surface area contributed by atoms with Gasteiger partial charge < -0.3 is 24.2 Å².